The van der Waals surface area contributed by atoms with E-state index in [1.807, 2.05) is 0 Å². The SMILES string of the molecule is Cc1cccc(N2CCN(CCCCNC(=O)[C@H](C)N=C3NS(=O)(=O)c4ccccc43)CC2)c1. The summed E-state index contributed by atoms with van der Waals surface area (Å²) in [4.78, 5) is 21.9. The maximum Gasteiger partial charge on any atom is 0.263 e. The quantitative estimate of drug-likeness (QED) is 0.561. The van der Waals surface area contributed by atoms with E-state index < -0.39 is 16.1 Å². The van der Waals surface area contributed by atoms with Crippen LogP contribution in [0.15, 0.2) is 58.4 Å². The van der Waals surface area contributed by atoms with Crippen molar-refractivity contribution in [2.45, 2.75) is 37.6 Å². The normalized spacial score (nSPS) is 19.5. The van der Waals surface area contributed by atoms with Gasteiger partial charge in [0.05, 0.1) is 4.90 Å². The van der Waals surface area contributed by atoms with Crippen LogP contribution >= 0.6 is 0 Å². The smallest absolute Gasteiger partial charge is 0.263 e. The molecule has 1 atom stereocenters. The van der Waals surface area contributed by atoms with Crippen LogP contribution in [0, 0.1) is 6.92 Å². The average molecular weight is 484 g/mol. The molecule has 0 aromatic heterocycles. The van der Waals surface area contributed by atoms with Crippen molar-refractivity contribution in [2.75, 3.05) is 44.2 Å². The predicted molar refractivity (Wildman–Crippen MR) is 135 cm³/mol. The van der Waals surface area contributed by atoms with Crippen LogP contribution in [0.25, 0.3) is 0 Å². The second-order valence-electron chi connectivity index (χ2n) is 8.92. The van der Waals surface area contributed by atoms with Gasteiger partial charge in [0.15, 0.2) is 0 Å². The molecular weight excluding hydrogens is 450 g/mol. The molecule has 0 unspecified atom stereocenters. The molecule has 182 valence electrons. The number of hydrogen-bond acceptors (Lipinski definition) is 6. The summed E-state index contributed by atoms with van der Waals surface area (Å²) in [5, 5.41) is 2.92. The van der Waals surface area contributed by atoms with E-state index in [1.54, 1.807) is 25.1 Å². The third kappa shape index (κ3) is 5.77. The molecule has 1 fully saturated rings. The number of aliphatic imine (C=N–C) groups is 1. The van der Waals surface area contributed by atoms with Gasteiger partial charge in [0.2, 0.25) is 5.91 Å². The summed E-state index contributed by atoms with van der Waals surface area (Å²) in [7, 11) is -3.60. The minimum atomic E-state index is -3.60. The van der Waals surface area contributed by atoms with E-state index in [4.69, 9.17) is 0 Å². The van der Waals surface area contributed by atoms with Crippen molar-refractivity contribution >= 4 is 27.5 Å². The first kappa shape index (κ1) is 24.2. The lowest BCUT2D eigenvalue weighted by molar-refractivity contribution is -0.121. The Balaban J connectivity index is 1.16. The minimum absolute atomic E-state index is 0.195. The van der Waals surface area contributed by atoms with Crippen molar-refractivity contribution in [3.8, 4) is 0 Å². The van der Waals surface area contributed by atoms with Crippen molar-refractivity contribution in [3.05, 3.63) is 59.7 Å². The van der Waals surface area contributed by atoms with Gasteiger partial charge in [0.1, 0.15) is 11.9 Å². The van der Waals surface area contributed by atoms with Gasteiger partial charge in [-0.2, -0.15) is 0 Å². The molecule has 2 aromatic carbocycles. The third-order valence-corrected chi connectivity index (χ3v) is 7.70. The number of fused-ring (bicyclic) bond motifs is 1. The summed E-state index contributed by atoms with van der Waals surface area (Å²) in [6.07, 6.45) is 1.91. The largest absolute Gasteiger partial charge is 0.369 e. The van der Waals surface area contributed by atoms with Gasteiger partial charge in [-0.05, 0) is 63.1 Å². The minimum Gasteiger partial charge on any atom is -0.369 e. The van der Waals surface area contributed by atoms with Crippen LogP contribution < -0.4 is 14.9 Å². The summed E-state index contributed by atoms with van der Waals surface area (Å²) in [6, 6.07) is 14.6. The summed E-state index contributed by atoms with van der Waals surface area (Å²) in [5.74, 6) is 0.0194. The number of nitrogens with one attached hydrogen (secondary N) is 2. The van der Waals surface area contributed by atoms with Crippen LogP contribution in [0.1, 0.15) is 30.9 Å². The number of amides is 1. The molecule has 1 amide bonds. The number of hydrogen-bond donors (Lipinski definition) is 2. The van der Waals surface area contributed by atoms with E-state index in [1.165, 1.54) is 17.3 Å². The topological polar surface area (TPSA) is 94.1 Å². The predicted octanol–water partition coefficient (Wildman–Crippen LogP) is 2.14. The molecule has 4 rings (SSSR count). The molecule has 2 heterocycles. The number of benzene rings is 2. The van der Waals surface area contributed by atoms with Crippen LogP contribution in [-0.4, -0.2) is 70.4 Å². The highest BCUT2D eigenvalue weighted by atomic mass is 32.2. The first-order valence-electron chi connectivity index (χ1n) is 11.9. The molecule has 1 saturated heterocycles. The molecule has 2 aliphatic heterocycles. The van der Waals surface area contributed by atoms with E-state index in [2.05, 4.69) is 56.0 Å². The number of aryl methyl sites for hydroxylation is 1. The molecule has 0 spiro atoms. The number of rotatable bonds is 8. The summed E-state index contributed by atoms with van der Waals surface area (Å²) < 4.78 is 26.8. The van der Waals surface area contributed by atoms with Crippen molar-refractivity contribution in [2.24, 2.45) is 4.99 Å². The van der Waals surface area contributed by atoms with Crippen molar-refractivity contribution < 1.29 is 13.2 Å². The number of piperazine rings is 1. The lowest BCUT2D eigenvalue weighted by Crippen LogP contribution is -2.46. The van der Waals surface area contributed by atoms with Gasteiger partial charge < -0.3 is 10.2 Å². The van der Waals surface area contributed by atoms with Gasteiger partial charge in [-0.15, -0.1) is 0 Å². The summed E-state index contributed by atoms with van der Waals surface area (Å²) in [5.41, 5.74) is 3.09. The van der Waals surface area contributed by atoms with Crippen LogP contribution in [0.3, 0.4) is 0 Å². The van der Waals surface area contributed by atoms with Crippen molar-refractivity contribution in [3.63, 3.8) is 0 Å². The van der Waals surface area contributed by atoms with Gasteiger partial charge >= 0.3 is 0 Å². The molecule has 0 radical (unpaired) electrons. The molecule has 34 heavy (non-hydrogen) atoms. The monoisotopic (exact) mass is 483 g/mol. The Bertz CT molecular complexity index is 1160. The van der Waals surface area contributed by atoms with E-state index in [0.29, 0.717) is 12.1 Å². The fraction of sp³-hybridized carbons (Fsp3) is 0.440. The number of carbonyl (C=O) groups excluding carboxylic acids is 1. The lowest BCUT2D eigenvalue weighted by atomic mass is 10.2. The Hall–Kier alpha value is -2.91. The Labute approximate surface area is 202 Å². The maximum absolute atomic E-state index is 12.5. The van der Waals surface area contributed by atoms with Crippen LogP contribution in [0.5, 0.6) is 0 Å². The summed E-state index contributed by atoms with van der Waals surface area (Å²) >= 11 is 0. The van der Waals surface area contributed by atoms with Gasteiger partial charge in [-0.1, -0.05) is 24.3 Å². The molecule has 0 saturated carbocycles. The number of nitrogens with zero attached hydrogens (tertiary/aromatic N) is 3. The number of anilines is 1. The van der Waals surface area contributed by atoms with Crippen LogP contribution in [0.4, 0.5) is 5.69 Å². The van der Waals surface area contributed by atoms with Gasteiger partial charge in [0, 0.05) is 44.0 Å². The molecule has 0 bridgehead atoms. The van der Waals surface area contributed by atoms with E-state index in [9.17, 15) is 13.2 Å². The molecule has 9 heteroatoms. The first-order chi connectivity index (χ1) is 16.3. The highest BCUT2D eigenvalue weighted by molar-refractivity contribution is 7.90. The van der Waals surface area contributed by atoms with Gasteiger partial charge in [-0.3, -0.25) is 19.4 Å². The number of carbonyl (C=O) groups is 1. The fourth-order valence-corrected chi connectivity index (χ4v) is 5.60. The third-order valence-electron chi connectivity index (χ3n) is 6.30. The van der Waals surface area contributed by atoms with Crippen LogP contribution in [0.2, 0.25) is 0 Å². The van der Waals surface area contributed by atoms with Gasteiger partial charge in [-0.25, -0.2) is 8.42 Å². The number of amidine groups is 1. The Kier molecular flexibility index (Phi) is 7.53. The molecule has 2 N–H and O–H groups in total. The zero-order chi connectivity index (χ0) is 24.1. The number of sulfonamides is 1. The average Bonchev–Trinajstić information content (AvgIpc) is 3.09. The Morgan fingerprint density at radius 1 is 1.09 bits per heavy atom. The zero-order valence-corrected chi connectivity index (χ0v) is 20.6. The van der Waals surface area contributed by atoms with Crippen molar-refractivity contribution in [1.29, 1.82) is 0 Å². The lowest BCUT2D eigenvalue weighted by Gasteiger charge is -2.36. The van der Waals surface area contributed by atoms with E-state index >= 15 is 0 Å². The molecule has 0 aliphatic carbocycles. The Morgan fingerprint density at radius 3 is 2.62 bits per heavy atom. The second kappa shape index (κ2) is 10.6. The first-order valence-corrected chi connectivity index (χ1v) is 13.3. The maximum atomic E-state index is 12.5. The fourth-order valence-electron chi connectivity index (χ4n) is 4.36. The standard InChI is InChI=1S/C25H33N5O3S/c1-19-8-7-9-21(18-19)30-16-14-29(15-17-30)13-6-5-12-26-25(31)20(2)27-24-22-10-3-4-11-23(22)34(32,33)28-24/h3-4,7-11,18,20H,5-6,12-17H2,1-2H3,(H,26,31)(H,27,28)/t20-/m0/s1. The van der Waals surface area contributed by atoms with Gasteiger partial charge in [0.25, 0.3) is 10.0 Å². The summed E-state index contributed by atoms with van der Waals surface area (Å²) in [6.45, 7) is 9.56. The zero-order valence-electron chi connectivity index (χ0n) is 19.8. The van der Waals surface area contributed by atoms with Crippen molar-refractivity contribution in [1.82, 2.24) is 14.9 Å². The van der Waals surface area contributed by atoms with E-state index in [0.717, 1.165) is 45.6 Å². The molecule has 8 nitrogen and oxygen atoms in total. The highest BCUT2D eigenvalue weighted by Crippen LogP contribution is 2.22. The highest BCUT2D eigenvalue weighted by Gasteiger charge is 2.31. The van der Waals surface area contributed by atoms with Crippen LogP contribution in [-0.2, 0) is 14.8 Å². The Morgan fingerprint density at radius 2 is 1.85 bits per heavy atom. The van der Waals surface area contributed by atoms with E-state index in [-0.39, 0.29) is 16.6 Å². The second-order valence-corrected chi connectivity index (χ2v) is 10.6. The number of unbranched alkanes of at least 4 members (excludes halogenated alkanes) is 1. The molecular formula is C25H33N5O3S. The molecule has 2 aliphatic rings. The molecule has 2 aromatic rings.